The van der Waals surface area contributed by atoms with Gasteiger partial charge in [-0.05, 0) is 12.1 Å². The van der Waals surface area contributed by atoms with Gasteiger partial charge in [0.25, 0.3) is 0 Å². The van der Waals surface area contributed by atoms with Crippen molar-refractivity contribution in [2.45, 2.75) is 19.1 Å². The van der Waals surface area contributed by atoms with Crippen molar-refractivity contribution in [3.8, 4) is 0 Å². The van der Waals surface area contributed by atoms with Crippen LogP contribution in [-0.4, -0.2) is 43.5 Å². The van der Waals surface area contributed by atoms with Crippen LogP contribution in [0.3, 0.4) is 0 Å². The second kappa shape index (κ2) is 6.17. The first-order chi connectivity index (χ1) is 11.2. The molecule has 0 amide bonds. The lowest BCUT2D eigenvalue weighted by Crippen LogP contribution is -2.35. The van der Waals surface area contributed by atoms with Crippen LogP contribution < -0.4 is 0 Å². The van der Waals surface area contributed by atoms with Gasteiger partial charge in [0.05, 0.1) is 19.2 Å². The molecule has 1 N–H and O–H groups in total. The number of β-amino-alcohol motifs (C(OH)–C–C–N with tert-alkyl or cyclic N) is 1. The van der Waals surface area contributed by atoms with Crippen LogP contribution in [0.5, 0.6) is 0 Å². The van der Waals surface area contributed by atoms with Crippen molar-refractivity contribution in [2.75, 3.05) is 18.8 Å². The molecule has 1 aliphatic rings. The number of nitrogens with zero attached hydrogens (tertiary/aromatic N) is 2. The van der Waals surface area contributed by atoms with Crippen molar-refractivity contribution in [1.29, 1.82) is 0 Å². The molecule has 0 saturated carbocycles. The van der Waals surface area contributed by atoms with Gasteiger partial charge in [0.1, 0.15) is 5.75 Å². The maximum atomic E-state index is 11.9. The third kappa shape index (κ3) is 2.74. The quantitative estimate of drug-likeness (QED) is 0.749. The molecule has 4 nitrogen and oxygen atoms in total. The summed E-state index contributed by atoms with van der Waals surface area (Å²) in [4.78, 5) is 0. The van der Waals surface area contributed by atoms with Crippen molar-refractivity contribution in [3.05, 3.63) is 48.5 Å². The van der Waals surface area contributed by atoms with Gasteiger partial charge in [-0.25, -0.2) is 0 Å². The lowest BCUT2D eigenvalue weighted by Gasteiger charge is -2.21. The predicted octanol–water partition coefficient (Wildman–Crippen LogP) is 2.52. The molecule has 0 bridgehead atoms. The Hall–Kier alpha value is -1.53. The Labute approximate surface area is 138 Å². The summed E-state index contributed by atoms with van der Waals surface area (Å²) in [7, 11) is 0. The molecule has 4 rings (SSSR count). The van der Waals surface area contributed by atoms with Crippen molar-refractivity contribution in [1.82, 2.24) is 8.87 Å². The molecular weight excluding hydrogens is 308 g/mol. The van der Waals surface area contributed by atoms with E-state index in [1.807, 2.05) is 28.6 Å². The Kier molecular flexibility index (Phi) is 4.03. The zero-order valence-electron chi connectivity index (χ0n) is 12.9. The molecule has 2 aromatic carbocycles. The Morgan fingerprint density at radius 3 is 2.17 bits per heavy atom. The molecule has 120 valence electrons. The van der Waals surface area contributed by atoms with Gasteiger partial charge in [-0.1, -0.05) is 36.4 Å². The third-order valence-corrected chi connectivity index (χ3v) is 6.05. The lowest BCUT2D eigenvalue weighted by atomic mass is 10.2. The molecule has 5 heteroatoms. The molecule has 0 spiro atoms. The molecule has 1 aromatic heterocycles. The smallest absolute Gasteiger partial charge is 0.127 e. The molecule has 1 fully saturated rings. The largest absolute Gasteiger partial charge is 0.598 e. The number of aromatic nitrogens is 1. The number of hydrogen-bond donors (Lipinski definition) is 1. The number of fused-ring (bicyclic) bond motifs is 3. The normalized spacial score (nSPS) is 20.5. The van der Waals surface area contributed by atoms with Crippen molar-refractivity contribution >= 4 is 33.2 Å². The summed E-state index contributed by atoms with van der Waals surface area (Å²) in [5.41, 5.74) is 2.27. The van der Waals surface area contributed by atoms with E-state index in [1.54, 1.807) is 0 Å². The van der Waals surface area contributed by atoms with E-state index < -0.39 is 17.5 Å². The predicted molar refractivity (Wildman–Crippen MR) is 94.7 cm³/mol. The van der Waals surface area contributed by atoms with Gasteiger partial charge in [-0.2, -0.15) is 0 Å². The minimum atomic E-state index is -0.920. The lowest BCUT2D eigenvalue weighted by molar-refractivity contribution is 0.133. The van der Waals surface area contributed by atoms with Gasteiger partial charge in [-0.15, -0.1) is 4.31 Å². The standard InChI is InChI=1S/C18H20N2O2S/c21-14(12-19-10-5-11-23(19)22)13-20-17-8-3-1-6-15(17)16-7-2-4-9-18(16)20/h1-4,6-9,14,21H,5,10-13H2. The molecule has 3 aromatic rings. The van der Waals surface area contributed by atoms with Gasteiger partial charge < -0.3 is 14.2 Å². The van der Waals surface area contributed by atoms with E-state index in [2.05, 4.69) is 28.8 Å². The second-order valence-corrected chi connectivity index (χ2v) is 7.63. The van der Waals surface area contributed by atoms with Crippen molar-refractivity contribution in [3.63, 3.8) is 0 Å². The number of para-hydroxylation sites is 2. The zero-order chi connectivity index (χ0) is 15.8. The van der Waals surface area contributed by atoms with E-state index >= 15 is 0 Å². The van der Waals surface area contributed by atoms with Crippen LogP contribution >= 0.6 is 0 Å². The highest BCUT2D eigenvalue weighted by Crippen LogP contribution is 2.29. The highest BCUT2D eigenvalue weighted by atomic mass is 32.2. The van der Waals surface area contributed by atoms with Crippen LogP contribution in [0, 0.1) is 0 Å². The minimum Gasteiger partial charge on any atom is -0.598 e. The van der Waals surface area contributed by atoms with Crippen LogP contribution in [0.2, 0.25) is 0 Å². The molecule has 2 heterocycles. The first-order valence-corrected chi connectivity index (χ1v) is 9.29. The van der Waals surface area contributed by atoms with E-state index in [0.29, 0.717) is 13.1 Å². The van der Waals surface area contributed by atoms with Gasteiger partial charge in [-0.3, -0.25) is 0 Å². The monoisotopic (exact) mass is 328 g/mol. The molecule has 1 aliphatic heterocycles. The summed E-state index contributed by atoms with van der Waals surface area (Å²) in [6.07, 6.45) is 0.422. The van der Waals surface area contributed by atoms with Crippen molar-refractivity contribution in [2.24, 2.45) is 0 Å². The maximum absolute atomic E-state index is 11.9. The highest BCUT2D eigenvalue weighted by Gasteiger charge is 2.28. The third-order valence-electron chi connectivity index (χ3n) is 4.50. The van der Waals surface area contributed by atoms with Gasteiger partial charge >= 0.3 is 0 Å². The Morgan fingerprint density at radius 1 is 1.00 bits per heavy atom. The fourth-order valence-electron chi connectivity index (χ4n) is 3.47. The molecule has 0 radical (unpaired) electrons. The number of rotatable bonds is 4. The van der Waals surface area contributed by atoms with E-state index in [1.165, 1.54) is 10.8 Å². The van der Waals surface area contributed by atoms with Gasteiger partial charge in [0.2, 0.25) is 0 Å². The van der Waals surface area contributed by atoms with E-state index in [9.17, 15) is 9.66 Å². The Balaban J connectivity index is 1.67. The Morgan fingerprint density at radius 2 is 1.61 bits per heavy atom. The summed E-state index contributed by atoms with van der Waals surface area (Å²) in [6, 6.07) is 16.6. The van der Waals surface area contributed by atoms with Crippen LogP contribution in [0.1, 0.15) is 6.42 Å². The SMILES string of the molecule is [O-][S+]1CCCN1CC(O)Cn1c2ccccc2c2ccccc21. The summed E-state index contributed by atoms with van der Waals surface area (Å²) in [5.74, 6) is 0.724. The topological polar surface area (TPSA) is 51.5 Å². The highest BCUT2D eigenvalue weighted by molar-refractivity contribution is 7.89. The first-order valence-electron chi connectivity index (χ1n) is 8.01. The summed E-state index contributed by atoms with van der Waals surface area (Å²) >= 11 is -0.920. The van der Waals surface area contributed by atoms with E-state index in [-0.39, 0.29) is 0 Å². The molecule has 2 atom stereocenters. The van der Waals surface area contributed by atoms with Gasteiger partial charge in [0.15, 0.2) is 0 Å². The van der Waals surface area contributed by atoms with Crippen LogP contribution in [-0.2, 0) is 17.9 Å². The summed E-state index contributed by atoms with van der Waals surface area (Å²) < 4.78 is 15.9. The zero-order valence-corrected chi connectivity index (χ0v) is 13.7. The van der Waals surface area contributed by atoms with Gasteiger partial charge in [0, 0.05) is 46.1 Å². The number of aliphatic hydroxyl groups is 1. The first kappa shape index (κ1) is 15.0. The summed E-state index contributed by atoms with van der Waals surface area (Å²) in [5, 5.41) is 12.9. The molecular formula is C18H20N2O2S. The second-order valence-electron chi connectivity index (χ2n) is 6.07. The number of hydrogen-bond acceptors (Lipinski definition) is 3. The fraction of sp³-hybridized carbons (Fsp3) is 0.333. The van der Waals surface area contributed by atoms with Crippen molar-refractivity contribution < 1.29 is 9.66 Å². The maximum Gasteiger partial charge on any atom is 0.127 e. The van der Waals surface area contributed by atoms with Crippen LogP contribution in [0.15, 0.2) is 48.5 Å². The number of aliphatic hydroxyl groups excluding tert-OH is 1. The minimum absolute atomic E-state index is 0.466. The van der Waals surface area contributed by atoms with E-state index in [4.69, 9.17) is 0 Å². The van der Waals surface area contributed by atoms with E-state index in [0.717, 1.165) is 29.8 Å². The molecule has 0 aliphatic carbocycles. The molecule has 1 saturated heterocycles. The average Bonchev–Trinajstić information content (AvgIpc) is 3.11. The van der Waals surface area contributed by atoms with Crippen LogP contribution in [0.25, 0.3) is 21.8 Å². The Bertz CT molecular complexity index is 779. The summed E-state index contributed by atoms with van der Waals surface area (Å²) in [6.45, 7) is 1.80. The molecule has 2 unspecified atom stereocenters. The average molecular weight is 328 g/mol. The number of benzene rings is 2. The molecule has 23 heavy (non-hydrogen) atoms. The fourth-order valence-corrected chi connectivity index (χ4v) is 4.78. The van der Waals surface area contributed by atoms with Crippen LogP contribution in [0.4, 0.5) is 0 Å².